The molecular weight excluding hydrogens is 244 g/mol. The van der Waals surface area contributed by atoms with Crippen LogP contribution in [0.3, 0.4) is 0 Å². The predicted molar refractivity (Wildman–Crippen MR) is 73.9 cm³/mol. The summed E-state index contributed by atoms with van der Waals surface area (Å²) in [7, 11) is 0. The van der Waals surface area contributed by atoms with Crippen molar-refractivity contribution >= 4 is 11.9 Å². The van der Waals surface area contributed by atoms with Crippen LogP contribution in [0.2, 0.25) is 0 Å². The van der Waals surface area contributed by atoms with E-state index in [1.54, 1.807) is 0 Å². The summed E-state index contributed by atoms with van der Waals surface area (Å²) in [6.07, 6.45) is 5.16. The van der Waals surface area contributed by atoms with Crippen molar-refractivity contribution in [1.82, 2.24) is 10.6 Å². The van der Waals surface area contributed by atoms with Crippen molar-refractivity contribution in [3.63, 3.8) is 0 Å². The van der Waals surface area contributed by atoms with Gasteiger partial charge >= 0.3 is 5.97 Å². The molecule has 110 valence electrons. The molecule has 0 aliphatic heterocycles. The Morgan fingerprint density at radius 1 is 1.26 bits per heavy atom. The summed E-state index contributed by atoms with van der Waals surface area (Å²) < 4.78 is 0. The van der Waals surface area contributed by atoms with Crippen LogP contribution < -0.4 is 10.6 Å². The highest BCUT2D eigenvalue weighted by atomic mass is 16.4. The highest BCUT2D eigenvalue weighted by Crippen LogP contribution is 2.24. The molecule has 3 N–H and O–H groups in total. The van der Waals surface area contributed by atoms with Gasteiger partial charge in [0.15, 0.2) is 0 Å². The molecule has 1 aliphatic rings. The smallest absolute Gasteiger partial charge is 0.306 e. The normalized spacial score (nSPS) is 24.7. The summed E-state index contributed by atoms with van der Waals surface area (Å²) in [4.78, 5) is 22.5. The molecule has 1 fully saturated rings. The van der Waals surface area contributed by atoms with Gasteiger partial charge in [0.25, 0.3) is 0 Å². The molecule has 0 aromatic rings. The lowest BCUT2D eigenvalue weighted by Crippen LogP contribution is -2.43. The lowest BCUT2D eigenvalue weighted by Gasteiger charge is -2.27. The fourth-order valence-corrected chi connectivity index (χ4v) is 2.61. The number of carbonyl (C=O) groups excluding carboxylic acids is 1. The SMILES string of the molecule is CCCC(C)NC(=O)CNC1CCC(C(=O)O)CC1. The number of nitrogens with one attached hydrogen (secondary N) is 2. The van der Waals surface area contributed by atoms with E-state index in [4.69, 9.17) is 5.11 Å². The van der Waals surface area contributed by atoms with Crippen LogP contribution in [0.5, 0.6) is 0 Å². The van der Waals surface area contributed by atoms with Crippen LogP contribution in [0.4, 0.5) is 0 Å². The van der Waals surface area contributed by atoms with Crippen molar-refractivity contribution in [3.8, 4) is 0 Å². The second kappa shape index (κ2) is 8.15. The summed E-state index contributed by atoms with van der Waals surface area (Å²) in [5.41, 5.74) is 0. The average molecular weight is 270 g/mol. The lowest BCUT2D eigenvalue weighted by atomic mass is 9.86. The first-order chi connectivity index (χ1) is 9.02. The van der Waals surface area contributed by atoms with Crippen molar-refractivity contribution in [3.05, 3.63) is 0 Å². The molecule has 1 saturated carbocycles. The quantitative estimate of drug-likeness (QED) is 0.655. The Morgan fingerprint density at radius 2 is 1.89 bits per heavy atom. The maximum absolute atomic E-state index is 11.7. The first kappa shape index (κ1) is 16.0. The van der Waals surface area contributed by atoms with Crippen LogP contribution in [0, 0.1) is 5.92 Å². The highest BCUT2D eigenvalue weighted by molar-refractivity contribution is 5.78. The largest absolute Gasteiger partial charge is 0.481 e. The van der Waals surface area contributed by atoms with Crippen molar-refractivity contribution in [2.24, 2.45) is 5.92 Å². The monoisotopic (exact) mass is 270 g/mol. The number of rotatable bonds is 7. The Bertz CT molecular complexity index is 299. The fourth-order valence-electron chi connectivity index (χ4n) is 2.61. The molecule has 0 aromatic heterocycles. The Hall–Kier alpha value is -1.10. The fraction of sp³-hybridized carbons (Fsp3) is 0.857. The van der Waals surface area contributed by atoms with Gasteiger partial charge in [-0.2, -0.15) is 0 Å². The van der Waals surface area contributed by atoms with Gasteiger partial charge < -0.3 is 15.7 Å². The number of carboxylic acid groups (broad SMARTS) is 1. The summed E-state index contributed by atoms with van der Waals surface area (Å²) in [5.74, 6) is -0.859. The van der Waals surface area contributed by atoms with E-state index >= 15 is 0 Å². The van der Waals surface area contributed by atoms with Crippen LogP contribution in [0.15, 0.2) is 0 Å². The summed E-state index contributed by atoms with van der Waals surface area (Å²) in [6, 6.07) is 0.505. The van der Waals surface area contributed by atoms with Gasteiger partial charge in [0, 0.05) is 12.1 Å². The van der Waals surface area contributed by atoms with Crippen LogP contribution in [-0.2, 0) is 9.59 Å². The van der Waals surface area contributed by atoms with Crippen molar-refractivity contribution in [2.75, 3.05) is 6.54 Å². The van der Waals surface area contributed by atoms with E-state index in [-0.39, 0.29) is 23.9 Å². The molecule has 1 unspecified atom stereocenters. The highest BCUT2D eigenvalue weighted by Gasteiger charge is 2.25. The van der Waals surface area contributed by atoms with E-state index < -0.39 is 5.97 Å². The molecule has 0 spiro atoms. The van der Waals surface area contributed by atoms with Crippen LogP contribution in [0.1, 0.15) is 52.4 Å². The van der Waals surface area contributed by atoms with Gasteiger partial charge in [-0.3, -0.25) is 9.59 Å². The molecule has 5 nitrogen and oxygen atoms in total. The number of amides is 1. The zero-order chi connectivity index (χ0) is 14.3. The van der Waals surface area contributed by atoms with Gasteiger partial charge in [-0.05, 0) is 39.0 Å². The molecule has 5 heteroatoms. The molecule has 1 atom stereocenters. The first-order valence-electron chi connectivity index (χ1n) is 7.28. The van der Waals surface area contributed by atoms with Crippen LogP contribution in [-0.4, -0.2) is 35.6 Å². The van der Waals surface area contributed by atoms with E-state index in [0.717, 1.165) is 25.7 Å². The van der Waals surface area contributed by atoms with E-state index in [9.17, 15) is 9.59 Å². The van der Waals surface area contributed by atoms with Crippen molar-refractivity contribution in [2.45, 2.75) is 64.5 Å². The number of aliphatic carboxylic acids is 1. The predicted octanol–water partition coefficient (Wildman–Crippen LogP) is 1.52. The number of carboxylic acids is 1. The molecule has 0 aromatic carbocycles. The molecule has 1 rings (SSSR count). The van der Waals surface area contributed by atoms with Crippen molar-refractivity contribution < 1.29 is 14.7 Å². The van der Waals surface area contributed by atoms with E-state index in [1.165, 1.54) is 0 Å². The number of hydrogen-bond donors (Lipinski definition) is 3. The van der Waals surface area contributed by atoms with Gasteiger partial charge in [-0.25, -0.2) is 0 Å². The van der Waals surface area contributed by atoms with E-state index in [0.29, 0.717) is 19.4 Å². The number of carbonyl (C=O) groups is 2. The van der Waals surface area contributed by atoms with Crippen LogP contribution in [0.25, 0.3) is 0 Å². The number of hydrogen-bond acceptors (Lipinski definition) is 3. The van der Waals surface area contributed by atoms with Gasteiger partial charge in [0.05, 0.1) is 12.5 Å². The maximum Gasteiger partial charge on any atom is 0.306 e. The maximum atomic E-state index is 11.7. The van der Waals surface area contributed by atoms with Gasteiger partial charge in [-0.15, -0.1) is 0 Å². The molecule has 0 heterocycles. The average Bonchev–Trinajstić information content (AvgIpc) is 2.37. The van der Waals surface area contributed by atoms with Gasteiger partial charge in [0.2, 0.25) is 5.91 Å². The third-order valence-electron chi connectivity index (χ3n) is 3.76. The first-order valence-corrected chi connectivity index (χ1v) is 7.28. The molecule has 19 heavy (non-hydrogen) atoms. The Balaban J connectivity index is 2.16. The van der Waals surface area contributed by atoms with Crippen molar-refractivity contribution in [1.29, 1.82) is 0 Å². The van der Waals surface area contributed by atoms with E-state index in [2.05, 4.69) is 17.6 Å². The Morgan fingerprint density at radius 3 is 2.42 bits per heavy atom. The lowest BCUT2D eigenvalue weighted by molar-refractivity contribution is -0.143. The minimum Gasteiger partial charge on any atom is -0.481 e. The summed E-state index contributed by atoms with van der Waals surface area (Å²) in [5, 5.41) is 15.1. The zero-order valence-corrected chi connectivity index (χ0v) is 11.9. The minimum absolute atomic E-state index is 0.0290. The standard InChI is InChI=1S/C14H26N2O3/c1-3-4-10(2)16-13(17)9-15-12-7-5-11(6-8-12)14(18)19/h10-12,15H,3-9H2,1-2H3,(H,16,17)(H,18,19). The van der Waals surface area contributed by atoms with Gasteiger partial charge in [-0.1, -0.05) is 13.3 Å². The molecule has 1 aliphatic carbocycles. The third kappa shape index (κ3) is 6.05. The topological polar surface area (TPSA) is 78.4 Å². The van der Waals surface area contributed by atoms with Gasteiger partial charge in [0.1, 0.15) is 0 Å². The Labute approximate surface area is 115 Å². The zero-order valence-electron chi connectivity index (χ0n) is 11.9. The third-order valence-corrected chi connectivity index (χ3v) is 3.76. The molecule has 0 radical (unpaired) electrons. The van der Waals surface area contributed by atoms with E-state index in [1.807, 2.05) is 6.92 Å². The molecule has 0 saturated heterocycles. The summed E-state index contributed by atoms with van der Waals surface area (Å²) >= 11 is 0. The second-order valence-corrected chi connectivity index (χ2v) is 5.52. The molecular formula is C14H26N2O3. The summed E-state index contributed by atoms with van der Waals surface area (Å²) in [6.45, 7) is 4.44. The molecule has 1 amide bonds. The molecule has 0 bridgehead atoms. The Kier molecular flexibility index (Phi) is 6.84. The second-order valence-electron chi connectivity index (χ2n) is 5.52. The minimum atomic E-state index is -0.690. The van der Waals surface area contributed by atoms with Crippen LogP contribution >= 0.6 is 0 Å².